The fraction of sp³-hybridized carbons (Fsp3) is 0.611. The fourth-order valence-electron chi connectivity index (χ4n) is 2.75. The van der Waals surface area contributed by atoms with Gasteiger partial charge in [0.2, 0.25) is 10.0 Å². The van der Waals surface area contributed by atoms with E-state index >= 15 is 0 Å². The summed E-state index contributed by atoms with van der Waals surface area (Å²) in [4.78, 5) is 14.4. The maximum absolute atomic E-state index is 12.1. The highest BCUT2D eigenvalue weighted by Gasteiger charge is 2.18. The molecular weight excluding hydrogens is 354 g/mol. The van der Waals surface area contributed by atoms with E-state index in [1.54, 1.807) is 12.1 Å². The zero-order chi connectivity index (χ0) is 19.0. The third-order valence-corrected chi connectivity index (χ3v) is 5.89. The first kappa shape index (κ1) is 20.7. The number of carbonyl (C=O) groups is 1. The maximum Gasteiger partial charge on any atom is 0.258 e. The topological polar surface area (TPSA) is 87.7 Å². The third-order valence-electron chi connectivity index (χ3n) is 4.41. The summed E-state index contributed by atoms with van der Waals surface area (Å²) < 4.78 is 32.2. The van der Waals surface area contributed by atoms with Crippen LogP contribution in [0.5, 0.6) is 5.75 Å². The van der Waals surface area contributed by atoms with Gasteiger partial charge in [0.05, 0.1) is 4.90 Å². The van der Waals surface area contributed by atoms with Crippen molar-refractivity contribution >= 4 is 15.9 Å². The van der Waals surface area contributed by atoms with Gasteiger partial charge in [0.25, 0.3) is 5.91 Å². The number of likely N-dealkylation sites (tertiary alicyclic amines) is 1. The van der Waals surface area contributed by atoms with Crippen LogP contribution < -0.4 is 14.8 Å². The lowest BCUT2D eigenvalue weighted by Crippen LogP contribution is -2.44. The summed E-state index contributed by atoms with van der Waals surface area (Å²) in [5, 5.41) is 2.98. The number of rotatable bonds is 9. The van der Waals surface area contributed by atoms with Gasteiger partial charge in [0, 0.05) is 12.6 Å². The molecule has 1 saturated heterocycles. The minimum absolute atomic E-state index is 0.0762. The molecule has 26 heavy (non-hydrogen) atoms. The molecule has 1 aliphatic heterocycles. The molecule has 1 amide bonds. The van der Waals surface area contributed by atoms with Crippen molar-refractivity contribution in [1.29, 1.82) is 0 Å². The molecule has 7 nitrogen and oxygen atoms in total. The standard InChI is InChI=1S/C18H29N3O4S/c1-3-4-11-19-26(23,24)17-7-5-16(6-8-17)25-14-18(22)20-15-9-12-21(2)13-10-15/h5-8,15,19H,3-4,9-14H2,1-2H3,(H,20,22). The smallest absolute Gasteiger partial charge is 0.258 e. The minimum Gasteiger partial charge on any atom is -0.484 e. The lowest BCUT2D eigenvalue weighted by Gasteiger charge is -2.29. The Hall–Kier alpha value is -1.64. The Morgan fingerprint density at radius 2 is 1.88 bits per heavy atom. The fourth-order valence-corrected chi connectivity index (χ4v) is 3.83. The molecule has 0 aromatic heterocycles. The van der Waals surface area contributed by atoms with E-state index in [-0.39, 0.29) is 23.5 Å². The van der Waals surface area contributed by atoms with Crippen molar-refractivity contribution in [2.24, 2.45) is 0 Å². The van der Waals surface area contributed by atoms with E-state index in [0.717, 1.165) is 38.8 Å². The molecule has 0 unspecified atom stereocenters. The number of nitrogens with zero attached hydrogens (tertiary/aromatic N) is 1. The van der Waals surface area contributed by atoms with Gasteiger partial charge in [-0.25, -0.2) is 13.1 Å². The van der Waals surface area contributed by atoms with Crippen LogP contribution in [0.3, 0.4) is 0 Å². The summed E-state index contributed by atoms with van der Waals surface area (Å²) in [5.74, 6) is 0.313. The van der Waals surface area contributed by atoms with E-state index in [1.165, 1.54) is 12.1 Å². The first-order chi connectivity index (χ1) is 12.4. The van der Waals surface area contributed by atoms with E-state index < -0.39 is 10.0 Å². The lowest BCUT2D eigenvalue weighted by molar-refractivity contribution is -0.124. The molecule has 0 atom stereocenters. The minimum atomic E-state index is -3.49. The average Bonchev–Trinajstić information content (AvgIpc) is 2.62. The van der Waals surface area contributed by atoms with E-state index in [2.05, 4.69) is 22.0 Å². The maximum atomic E-state index is 12.1. The molecule has 1 aliphatic rings. The van der Waals surface area contributed by atoms with Crippen molar-refractivity contribution in [2.45, 2.75) is 43.5 Å². The van der Waals surface area contributed by atoms with Gasteiger partial charge in [-0.3, -0.25) is 4.79 Å². The Morgan fingerprint density at radius 3 is 2.50 bits per heavy atom. The number of amides is 1. The highest BCUT2D eigenvalue weighted by molar-refractivity contribution is 7.89. The Labute approximate surface area is 156 Å². The number of ether oxygens (including phenoxy) is 1. The van der Waals surface area contributed by atoms with Crippen LogP contribution in [0.15, 0.2) is 29.2 Å². The molecule has 1 aromatic carbocycles. The predicted octanol–water partition coefficient (Wildman–Crippen LogP) is 1.35. The summed E-state index contributed by atoms with van der Waals surface area (Å²) >= 11 is 0. The predicted molar refractivity (Wildman–Crippen MR) is 101 cm³/mol. The highest BCUT2D eigenvalue weighted by atomic mass is 32.2. The monoisotopic (exact) mass is 383 g/mol. The van der Waals surface area contributed by atoms with Gasteiger partial charge < -0.3 is 15.0 Å². The summed E-state index contributed by atoms with van der Waals surface area (Å²) in [5.41, 5.74) is 0. The highest BCUT2D eigenvalue weighted by Crippen LogP contribution is 2.16. The van der Waals surface area contributed by atoms with Crippen LogP contribution in [0.25, 0.3) is 0 Å². The van der Waals surface area contributed by atoms with Crippen LogP contribution >= 0.6 is 0 Å². The second kappa shape index (κ2) is 9.89. The Balaban J connectivity index is 1.78. The number of carbonyl (C=O) groups excluding carboxylic acids is 1. The van der Waals surface area contributed by atoms with Crippen molar-refractivity contribution in [1.82, 2.24) is 14.9 Å². The Bertz CT molecular complexity index is 668. The Morgan fingerprint density at radius 1 is 1.23 bits per heavy atom. The average molecular weight is 384 g/mol. The van der Waals surface area contributed by atoms with Crippen molar-refractivity contribution < 1.29 is 17.9 Å². The SMILES string of the molecule is CCCCNS(=O)(=O)c1ccc(OCC(=O)NC2CCN(C)CC2)cc1. The number of hydrogen-bond donors (Lipinski definition) is 2. The van der Waals surface area contributed by atoms with Gasteiger partial charge in [-0.2, -0.15) is 0 Å². The van der Waals surface area contributed by atoms with Crippen LogP contribution in [-0.4, -0.2) is 58.6 Å². The molecule has 1 aromatic rings. The van der Waals surface area contributed by atoms with Gasteiger partial charge in [-0.15, -0.1) is 0 Å². The molecule has 8 heteroatoms. The number of hydrogen-bond acceptors (Lipinski definition) is 5. The van der Waals surface area contributed by atoms with Crippen molar-refractivity contribution in [3.63, 3.8) is 0 Å². The number of sulfonamides is 1. The number of nitrogens with one attached hydrogen (secondary N) is 2. The largest absolute Gasteiger partial charge is 0.484 e. The normalized spacial score (nSPS) is 16.4. The van der Waals surface area contributed by atoms with Gasteiger partial charge in [0.1, 0.15) is 5.75 Å². The van der Waals surface area contributed by atoms with E-state index in [1.807, 2.05) is 6.92 Å². The van der Waals surface area contributed by atoms with Crippen LogP contribution in [0, 0.1) is 0 Å². The van der Waals surface area contributed by atoms with Crippen molar-refractivity contribution in [2.75, 3.05) is 33.3 Å². The van der Waals surface area contributed by atoms with Crippen molar-refractivity contribution in [3.05, 3.63) is 24.3 Å². The third kappa shape index (κ3) is 6.59. The molecule has 0 spiro atoms. The molecule has 0 bridgehead atoms. The summed E-state index contributed by atoms with van der Waals surface area (Å²) in [6.07, 6.45) is 3.61. The van der Waals surface area contributed by atoms with Gasteiger partial charge in [-0.1, -0.05) is 13.3 Å². The molecule has 146 valence electrons. The van der Waals surface area contributed by atoms with E-state index in [4.69, 9.17) is 4.74 Å². The zero-order valence-corrected chi connectivity index (χ0v) is 16.3. The summed E-state index contributed by atoms with van der Waals surface area (Å²) in [6.45, 7) is 4.31. The lowest BCUT2D eigenvalue weighted by atomic mass is 10.1. The summed E-state index contributed by atoms with van der Waals surface area (Å²) in [7, 11) is -1.42. The first-order valence-corrected chi connectivity index (χ1v) is 10.6. The molecule has 0 saturated carbocycles. The second-order valence-electron chi connectivity index (χ2n) is 6.66. The van der Waals surface area contributed by atoms with Crippen LogP contribution in [0.2, 0.25) is 0 Å². The van der Waals surface area contributed by atoms with E-state index in [0.29, 0.717) is 12.3 Å². The van der Waals surface area contributed by atoms with Gasteiger partial charge in [0.15, 0.2) is 6.61 Å². The number of benzene rings is 1. The molecule has 0 aliphatic carbocycles. The first-order valence-electron chi connectivity index (χ1n) is 9.11. The number of unbranched alkanes of at least 4 members (excludes halogenated alkanes) is 1. The molecular formula is C18H29N3O4S. The Kier molecular flexibility index (Phi) is 7.86. The molecule has 2 rings (SSSR count). The van der Waals surface area contributed by atoms with Crippen LogP contribution in [0.4, 0.5) is 0 Å². The molecule has 1 heterocycles. The summed E-state index contributed by atoms with van der Waals surface area (Å²) in [6, 6.07) is 6.30. The number of piperidine rings is 1. The van der Waals surface area contributed by atoms with Crippen molar-refractivity contribution in [3.8, 4) is 5.75 Å². The van der Waals surface area contributed by atoms with E-state index in [9.17, 15) is 13.2 Å². The van der Waals surface area contributed by atoms with Gasteiger partial charge >= 0.3 is 0 Å². The molecule has 0 radical (unpaired) electrons. The van der Waals surface area contributed by atoms with Crippen LogP contribution in [-0.2, 0) is 14.8 Å². The second-order valence-corrected chi connectivity index (χ2v) is 8.42. The van der Waals surface area contributed by atoms with Gasteiger partial charge in [-0.05, 0) is 63.7 Å². The molecule has 2 N–H and O–H groups in total. The molecule has 1 fully saturated rings. The van der Waals surface area contributed by atoms with Crippen LogP contribution in [0.1, 0.15) is 32.6 Å². The zero-order valence-electron chi connectivity index (χ0n) is 15.5. The quantitative estimate of drug-likeness (QED) is 0.629.